The average molecular weight is 248 g/mol. The lowest BCUT2D eigenvalue weighted by atomic mass is 9.87. The Morgan fingerprint density at radius 3 is 2.78 bits per heavy atom. The zero-order chi connectivity index (χ0) is 12.4. The van der Waals surface area contributed by atoms with Crippen LogP contribution in [0.4, 0.5) is 4.39 Å². The van der Waals surface area contributed by atoms with Gasteiger partial charge in [0.1, 0.15) is 5.67 Å². The molecule has 1 saturated carbocycles. The molecule has 2 N–H and O–H groups in total. The molecule has 0 bridgehead atoms. The number of rotatable bonds is 5. The van der Waals surface area contributed by atoms with E-state index < -0.39 is 5.67 Å². The third-order valence-corrected chi connectivity index (χ3v) is 4.13. The quantitative estimate of drug-likeness (QED) is 0.832. The Kier molecular flexibility index (Phi) is 3.35. The highest BCUT2D eigenvalue weighted by molar-refractivity contribution is 5.17. The van der Waals surface area contributed by atoms with Gasteiger partial charge in [-0.2, -0.15) is 0 Å². The van der Waals surface area contributed by atoms with Gasteiger partial charge in [-0.25, -0.2) is 4.39 Å². The molecule has 18 heavy (non-hydrogen) atoms. The van der Waals surface area contributed by atoms with Gasteiger partial charge in [0.05, 0.1) is 0 Å². The summed E-state index contributed by atoms with van der Waals surface area (Å²) in [5.74, 6) is 0.0890. The molecule has 1 saturated heterocycles. The van der Waals surface area contributed by atoms with E-state index in [1.54, 1.807) is 0 Å². The molecular weight excluding hydrogens is 227 g/mol. The lowest BCUT2D eigenvalue weighted by molar-refractivity contribution is 0.125. The highest BCUT2D eigenvalue weighted by Gasteiger charge is 2.43. The Morgan fingerprint density at radius 2 is 2.06 bits per heavy atom. The second-order valence-electron chi connectivity index (χ2n) is 5.71. The second kappa shape index (κ2) is 4.98. The Labute approximate surface area is 108 Å². The van der Waals surface area contributed by atoms with Crippen LogP contribution in [0.15, 0.2) is 30.3 Å². The predicted octanol–water partition coefficient (Wildman–Crippen LogP) is 1.91. The van der Waals surface area contributed by atoms with E-state index in [-0.39, 0.29) is 5.92 Å². The molecule has 0 amide bonds. The topological polar surface area (TPSA) is 24.1 Å². The Hall–Kier alpha value is -0.930. The summed E-state index contributed by atoms with van der Waals surface area (Å²) >= 11 is 0. The SMILES string of the molecule is F[C@@]1(CNC2CC2)CNC[C@H]1Cc1ccccc1. The Balaban J connectivity index is 1.62. The summed E-state index contributed by atoms with van der Waals surface area (Å²) < 4.78 is 14.9. The Morgan fingerprint density at radius 1 is 1.28 bits per heavy atom. The maximum atomic E-state index is 14.9. The molecule has 0 radical (unpaired) electrons. The van der Waals surface area contributed by atoms with E-state index in [1.165, 1.54) is 18.4 Å². The van der Waals surface area contributed by atoms with Crippen molar-refractivity contribution in [3.05, 3.63) is 35.9 Å². The summed E-state index contributed by atoms with van der Waals surface area (Å²) in [4.78, 5) is 0. The van der Waals surface area contributed by atoms with Gasteiger partial charge in [0, 0.05) is 31.6 Å². The minimum Gasteiger partial charge on any atom is -0.313 e. The second-order valence-corrected chi connectivity index (χ2v) is 5.71. The first-order chi connectivity index (χ1) is 8.76. The molecular formula is C15H21FN2. The van der Waals surface area contributed by atoms with Crippen LogP contribution in [0.3, 0.4) is 0 Å². The fraction of sp³-hybridized carbons (Fsp3) is 0.600. The highest BCUT2D eigenvalue weighted by Crippen LogP contribution is 2.30. The van der Waals surface area contributed by atoms with Crippen LogP contribution in [0.25, 0.3) is 0 Å². The van der Waals surface area contributed by atoms with Crippen LogP contribution < -0.4 is 10.6 Å². The van der Waals surface area contributed by atoms with Crippen molar-refractivity contribution in [3.63, 3.8) is 0 Å². The molecule has 3 heteroatoms. The van der Waals surface area contributed by atoms with Crippen molar-refractivity contribution in [2.45, 2.75) is 31.0 Å². The first kappa shape index (κ1) is 12.1. The standard InChI is InChI=1S/C15H21FN2/c16-15(11-18-14-6-7-14)10-17-9-13(15)8-12-4-2-1-3-5-12/h1-5,13-14,17-18H,6-11H2/t13-,15-/m1/s1. The molecule has 1 aromatic carbocycles. The summed E-state index contributed by atoms with van der Waals surface area (Å²) in [6, 6.07) is 10.8. The number of benzene rings is 1. The van der Waals surface area contributed by atoms with Crippen LogP contribution in [0.5, 0.6) is 0 Å². The van der Waals surface area contributed by atoms with Gasteiger partial charge in [-0.3, -0.25) is 0 Å². The molecule has 98 valence electrons. The smallest absolute Gasteiger partial charge is 0.140 e. The van der Waals surface area contributed by atoms with Gasteiger partial charge >= 0.3 is 0 Å². The predicted molar refractivity (Wildman–Crippen MR) is 71.4 cm³/mol. The van der Waals surface area contributed by atoms with E-state index in [4.69, 9.17) is 0 Å². The van der Waals surface area contributed by atoms with Crippen LogP contribution >= 0.6 is 0 Å². The van der Waals surface area contributed by atoms with Gasteiger partial charge in [-0.05, 0) is 24.8 Å². The molecule has 2 nitrogen and oxygen atoms in total. The van der Waals surface area contributed by atoms with E-state index in [2.05, 4.69) is 22.8 Å². The van der Waals surface area contributed by atoms with Crippen molar-refractivity contribution < 1.29 is 4.39 Å². The van der Waals surface area contributed by atoms with Gasteiger partial charge in [0.25, 0.3) is 0 Å². The van der Waals surface area contributed by atoms with E-state index in [0.717, 1.165) is 13.0 Å². The third-order valence-electron chi connectivity index (χ3n) is 4.13. The Bertz CT molecular complexity index is 391. The minimum atomic E-state index is -1.08. The van der Waals surface area contributed by atoms with Gasteiger partial charge in [-0.1, -0.05) is 30.3 Å². The minimum absolute atomic E-state index is 0.0890. The van der Waals surface area contributed by atoms with Crippen molar-refractivity contribution in [2.75, 3.05) is 19.6 Å². The first-order valence-corrected chi connectivity index (χ1v) is 6.93. The molecule has 1 aliphatic carbocycles. The fourth-order valence-corrected chi connectivity index (χ4v) is 2.74. The molecule has 2 atom stereocenters. The molecule has 3 rings (SSSR count). The average Bonchev–Trinajstić information content (AvgIpc) is 3.15. The number of hydrogen-bond donors (Lipinski definition) is 2. The van der Waals surface area contributed by atoms with Crippen LogP contribution in [0, 0.1) is 5.92 Å². The molecule has 0 unspecified atom stereocenters. The van der Waals surface area contributed by atoms with Gasteiger partial charge < -0.3 is 10.6 Å². The van der Waals surface area contributed by atoms with Crippen LogP contribution in [0.1, 0.15) is 18.4 Å². The maximum absolute atomic E-state index is 14.9. The molecule has 0 aromatic heterocycles. The van der Waals surface area contributed by atoms with Crippen molar-refractivity contribution in [1.29, 1.82) is 0 Å². The fourth-order valence-electron chi connectivity index (χ4n) is 2.74. The summed E-state index contributed by atoms with van der Waals surface area (Å²) in [7, 11) is 0. The number of alkyl halides is 1. The summed E-state index contributed by atoms with van der Waals surface area (Å²) in [6.07, 6.45) is 3.26. The monoisotopic (exact) mass is 248 g/mol. The van der Waals surface area contributed by atoms with Crippen molar-refractivity contribution in [1.82, 2.24) is 10.6 Å². The van der Waals surface area contributed by atoms with Crippen LogP contribution in [-0.2, 0) is 6.42 Å². The maximum Gasteiger partial charge on any atom is 0.140 e. The van der Waals surface area contributed by atoms with Gasteiger partial charge in [0.2, 0.25) is 0 Å². The summed E-state index contributed by atoms with van der Waals surface area (Å²) in [5.41, 5.74) is 0.151. The normalized spacial score (nSPS) is 31.7. The van der Waals surface area contributed by atoms with E-state index in [1.807, 2.05) is 18.2 Å². The van der Waals surface area contributed by atoms with Gasteiger partial charge in [0.15, 0.2) is 0 Å². The van der Waals surface area contributed by atoms with Crippen molar-refractivity contribution in [2.24, 2.45) is 5.92 Å². The van der Waals surface area contributed by atoms with Crippen molar-refractivity contribution in [3.8, 4) is 0 Å². The number of nitrogens with one attached hydrogen (secondary N) is 2. The van der Waals surface area contributed by atoms with Crippen molar-refractivity contribution >= 4 is 0 Å². The third kappa shape index (κ3) is 2.73. The first-order valence-electron chi connectivity index (χ1n) is 6.93. The zero-order valence-corrected chi connectivity index (χ0v) is 10.7. The molecule has 0 spiro atoms. The van der Waals surface area contributed by atoms with Gasteiger partial charge in [-0.15, -0.1) is 0 Å². The van der Waals surface area contributed by atoms with E-state index >= 15 is 0 Å². The lowest BCUT2D eigenvalue weighted by Gasteiger charge is -2.27. The van der Waals surface area contributed by atoms with E-state index in [9.17, 15) is 4.39 Å². The summed E-state index contributed by atoms with van der Waals surface area (Å²) in [6.45, 7) is 1.78. The molecule has 2 aliphatic rings. The van der Waals surface area contributed by atoms with Crippen LogP contribution in [0.2, 0.25) is 0 Å². The largest absolute Gasteiger partial charge is 0.313 e. The molecule has 1 heterocycles. The lowest BCUT2D eigenvalue weighted by Crippen LogP contribution is -2.44. The van der Waals surface area contributed by atoms with E-state index in [0.29, 0.717) is 19.1 Å². The number of halogens is 1. The molecule has 1 aromatic rings. The highest BCUT2D eigenvalue weighted by atomic mass is 19.1. The molecule has 1 aliphatic heterocycles. The molecule has 2 fully saturated rings. The summed E-state index contributed by atoms with van der Waals surface area (Å²) in [5, 5.41) is 6.55. The number of hydrogen-bond acceptors (Lipinski definition) is 2. The zero-order valence-electron chi connectivity index (χ0n) is 10.7. The van der Waals surface area contributed by atoms with Crippen LogP contribution in [-0.4, -0.2) is 31.3 Å².